The summed E-state index contributed by atoms with van der Waals surface area (Å²) in [5.74, 6) is -1.72. The predicted molar refractivity (Wildman–Crippen MR) is 90.0 cm³/mol. The van der Waals surface area contributed by atoms with Crippen LogP contribution in [0.4, 0.5) is 5.69 Å². The van der Waals surface area contributed by atoms with Crippen molar-refractivity contribution in [2.75, 3.05) is 18.4 Å². The van der Waals surface area contributed by atoms with Crippen LogP contribution in [0.15, 0.2) is 24.3 Å². The molecule has 0 aliphatic carbocycles. The molecule has 0 bridgehead atoms. The fourth-order valence-electron chi connectivity index (χ4n) is 2.06. The van der Waals surface area contributed by atoms with Crippen LogP contribution < -0.4 is 11.1 Å². The quantitative estimate of drug-likeness (QED) is 0.719. The van der Waals surface area contributed by atoms with Crippen LogP contribution in [-0.4, -0.2) is 35.7 Å². The molecule has 0 unspecified atom stereocenters. The topological polar surface area (TPSA) is 92.5 Å². The molecule has 0 heterocycles. The highest BCUT2D eigenvalue weighted by atomic mass is 16.2. The first-order valence-electron chi connectivity index (χ1n) is 7.99. The van der Waals surface area contributed by atoms with E-state index in [-0.39, 0.29) is 0 Å². The molecule has 0 aliphatic heterocycles. The monoisotopic (exact) mass is 319 g/mol. The minimum Gasteiger partial charge on any atom is -0.366 e. The van der Waals surface area contributed by atoms with Gasteiger partial charge in [0.2, 0.25) is 5.91 Å². The van der Waals surface area contributed by atoms with Gasteiger partial charge in [-0.3, -0.25) is 14.4 Å². The van der Waals surface area contributed by atoms with Gasteiger partial charge in [-0.25, -0.2) is 0 Å². The van der Waals surface area contributed by atoms with Gasteiger partial charge in [0.05, 0.1) is 0 Å². The Morgan fingerprint density at radius 1 is 1.00 bits per heavy atom. The molecule has 1 rings (SSSR count). The number of hydrogen-bond donors (Lipinski definition) is 2. The molecule has 0 aliphatic rings. The molecule has 0 fully saturated rings. The fourth-order valence-corrected chi connectivity index (χ4v) is 2.06. The van der Waals surface area contributed by atoms with E-state index in [1.165, 1.54) is 12.1 Å². The highest BCUT2D eigenvalue weighted by molar-refractivity contribution is 6.39. The van der Waals surface area contributed by atoms with Crippen molar-refractivity contribution >= 4 is 23.4 Å². The van der Waals surface area contributed by atoms with Crippen molar-refractivity contribution in [3.05, 3.63) is 29.8 Å². The molecule has 3 amide bonds. The minimum absolute atomic E-state index is 0.349. The highest BCUT2D eigenvalue weighted by Gasteiger charge is 2.21. The van der Waals surface area contributed by atoms with Gasteiger partial charge in [-0.05, 0) is 37.1 Å². The van der Waals surface area contributed by atoms with Crippen LogP contribution in [0.25, 0.3) is 0 Å². The van der Waals surface area contributed by atoms with Gasteiger partial charge in [0.25, 0.3) is 0 Å². The van der Waals surface area contributed by atoms with Crippen LogP contribution >= 0.6 is 0 Å². The molecule has 0 saturated heterocycles. The normalized spacial score (nSPS) is 10.2. The van der Waals surface area contributed by atoms with Gasteiger partial charge in [-0.1, -0.05) is 26.7 Å². The summed E-state index contributed by atoms with van der Waals surface area (Å²) in [4.78, 5) is 37.0. The largest absolute Gasteiger partial charge is 0.366 e. The van der Waals surface area contributed by atoms with E-state index in [9.17, 15) is 14.4 Å². The Hall–Kier alpha value is -2.37. The van der Waals surface area contributed by atoms with Gasteiger partial charge >= 0.3 is 11.8 Å². The number of benzene rings is 1. The van der Waals surface area contributed by atoms with E-state index in [1.807, 2.05) is 13.8 Å². The molecule has 0 spiro atoms. The maximum atomic E-state index is 12.3. The maximum absolute atomic E-state index is 12.3. The summed E-state index contributed by atoms with van der Waals surface area (Å²) in [6.07, 6.45) is 3.67. The molecule has 3 N–H and O–H groups in total. The second kappa shape index (κ2) is 9.61. The van der Waals surface area contributed by atoms with Crippen molar-refractivity contribution in [1.29, 1.82) is 0 Å². The van der Waals surface area contributed by atoms with Crippen molar-refractivity contribution in [3.8, 4) is 0 Å². The second-order valence-corrected chi connectivity index (χ2v) is 5.40. The van der Waals surface area contributed by atoms with Crippen molar-refractivity contribution in [1.82, 2.24) is 4.90 Å². The van der Waals surface area contributed by atoms with Gasteiger partial charge in [0.15, 0.2) is 0 Å². The Kier molecular flexibility index (Phi) is 7.80. The Bertz CT molecular complexity index is 533. The van der Waals surface area contributed by atoms with Crippen LogP contribution in [0.1, 0.15) is 49.9 Å². The predicted octanol–water partition coefficient (Wildman–Crippen LogP) is 2.15. The van der Waals surface area contributed by atoms with Crippen LogP contribution in [0.3, 0.4) is 0 Å². The van der Waals surface area contributed by atoms with E-state index in [2.05, 4.69) is 5.32 Å². The first-order chi connectivity index (χ1) is 11.0. The van der Waals surface area contributed by atoms with Crippen molar-refractivity contribution in [2.45, 2.75) is 39.5 Å². The van der Waals surface area contributed by atoms with E-state index >= 15 is 0 Å². The lowest BCUT2D eigenvalue weighted by atomic mass is 10.2. The van der Waals surface area contributed by atoms with E-state index < -0.39 is 17.7 Å². The Balaban J connectivity index is 2.68. The number of primary amides is 1. The van der Waals surface area contributed by atoms with Gasteiger partial charge in [-0.2, -0.15) is 0 Å². The molecule has 6 nitrogen and oxygen atoms in total. The average molecular weight is 319 g/mol. The lowest BCUT2D eigenvalue weighted by molar-refractivity contribution is -0.143. The summed E-state index contributed by atoms with van der Waals surface area (Å²) < 4.78 is 0. The lowest BCUT2D eigenvalue weighted by Gasteiger charge is -2.21. The number of rotatable bonds is 8. The molecule has 23 heavy (non-hydrogen) atoms. The third kappa shape index (κ3) is 6.10. The smallest absolute Gasteiger partial charge is 0.313 e. The van der Waals surface area contributed by atoms with E-state index in [0.29, 0.717) is 24.3 Å². The molecular formula is C17H25N3O3. The third-order valence-corrected chi connectivity index (χ3v) is 3.47. The van der Waals surface area contributed by atoms with Crippen LogP contribution in [0.2, 0.25) is 0 Å². The van der Waals surface area contributed by atoms with Gasteiger partial charge in [0, 0.05) is 24.3 Å². The Labute approximate surface area is 137 Å². The first kappa shape index (κ1) is 18.7. The molecule has 1 aromatic rings. The highest BCUT2D eigenvalue weighted by Crippen LogP contribution is 2.10. The zero-order valence-corrected chi connectivity index (χ0v) is 13.8. The summed E-state index contributed by atoms with van der Waals surface area (Å²) >= 11 is 0. The third-order valence-electron chi connectivity index (χ3n) is 3.47. The standard InChI is InChI=1S/C17H25N3O3/c1-3-5-11-20(12-6-4-2)17(23)16(22)19-14-9-7-13(8-10-14)15(18)21/h7-10H,3-6,11-12H2,1-2H3,(H2,18,21)(H,19,22). The zero-order valence-electron chi connectivity index (χ0n) is 13.8. The van der Waals surface area contributed by atoms with E-state index in [4.69, 9.17) is 5.73 Å². The summed E-state index contributed by atoms with van der Waals surface area (Å²) in [5, 5.41) is 2.56. The average Bonchev–Trinajstić information content (AvgIpc) is 2.55. The summed E-state index contributed by atoms with van der Waals surface area (Å²) in [6.45, 7) is 5.26. The van der Waals surface area contributed by atoms with Crippen LogP contribution in [0.5, 0.6) is 0 Å². The minimum atomic E-state index is -0.663. The first-order valence-corrected chi connectivity index (χ1v) is 7.99. The summed E-state index contributed by atoms with van der Waals surface area (Å²) in [6, 6.07) is 6.12. The van der Waals surface area contributed by atoms with Gasteiger partial charge < -0.3 is 16.0 Å². The number of nitrogens with two attached hydrogens (primary N) is 1. The molecule has 0 radical (unpaired) electrons. The van der Waals surface area contributed by atoms with Crippen molar-refractivity contribution in [3.63, 3.8) is 0 Å². The SMILES string of the molecule is CCCCN(CCCC)C(=O)C(=O)Nc1ccc(C(N)=O)cc1. The van der Waals surface area contributed by atoms with Gasteiger partial charge in [0.1, 0.15) is 0 Å². The lowest BCUT2D eigenvalue weighted by Crippen LogP contribution is -2.40. The van der Waals surface area contributed by atoms with E-state index in [0.717, 1.165) is 25.7 Å². The van der Waals surface area contributed by atoms with Crippen LogP contribution in [0, 0.1) is 0 Å². The number of anilines is 1. The fraction of sp³-hybridized carbons (Fsp3) is 0.471. The number of carbonyl (C=O) groups is 3. The summed E-state index contributed by atoms with van der Waals surface area (Å²) in [5.41, 5.74) is 5.97. The van der Waals surface area contributed by atoms with Crippen LogP contribution in [-0.2, 0) is 9.59 Å². The van der Waals surface area contributed by atoms with E-state index in [1.54, 1.807) is 17.0 Å². The number of hydrogen-bond acceptors (Lipinski definition) is 3. The van der Waals surface area contributed by atoms with Gasteiger partial charge in [-0.15, -0.1) is 0 Å². The maximum Gasteiger partial charge on any atom is 0.313 e. The number of nitrogens with zero attached hydrogens (tertiary/aromatic N) is 1. The molecule has 0 atom stereocenters. The zero-order chi connectivity index (χ0) is 17.2. The number of amides is 3. The summed E-state index contributed by atoms with van der Waals surface area (Å²) in [7, 11) is 0. The van der Waals surface area contributed by atoms with Crippen molar-refractivity contribution in [2.24, 2.45) is 5.73 Å². The molecular weight excluding hydrogens is 294 g/mol. The second-order valence-electron chi connectivity index (χ2n) is 5.40. The number of nitrogens with one attached hydrogen (secondary N) is 1. The molecule has 0 aromatic heterocycles. The molecule has 1 aromatic carbocycles. The number of carbonyl (C=O) groups excluding carboxylic acids is 3. The molecule has 126 valence electrons. The Morgan fingerprint density at radius 2 is 1.52 bits per heavy atom. The molecule has 6 heteroatoms. The molecule has 0 saturated carbocycles. The number of unbranched alkanes of at least 4 members (excludes halogenated alkanes) is 2. The van der Waals surface area contributed by atoms with Crippen molar-refractivity contribution < 1.29 is 14.4 Å². The Morgan fingerprint density at radius 3 is 1.96 bits per heavy atom.